The Morgan fingerprint density at radius 1 is 0.837 bits per heavy atom. The topological polar surface area (TPSA) is 167 Å². The second-order valence-corrected chi connectivity index (χ2v) is 12.7. The third kappa shape index (κ3) is 10.2. The Morgan fingerprint density at radius 3 is 2.31 bits per heavy atom. The lowest BCUT2D eigenvalue weighted by Gasteiger charge is -2.36. The molecular weight excluding hydrogens is 646 g/mol. The molecule has 1 fully saturated rings. The third-order valence-electron chi connectivity index (χ3n) is 8.11. The van der Waals surface area contributed by atoms with Gasteiger partial charge in [0.2, 0.25) is 11.8 Å². The highest BCUT2D eigenvalue weighted by atomic mass is 32.2. The quantitative estimate of drug-likeness (QED) is 0.0436. The number of amides is 2. The molecule has 0 unspecified atom stereocenters. The van der Waals surface area contributed by atoms with Crippen molar-refractivity contribution in [1.29, 1.82) is 0 Å². The number of aromatic carboxylic acids is 1. The van der Waals surface area contributed by atoms with Crippen LogP contribution in [0.5, 0.6) is 0 Å². The SMILES string of the molecule is O=C(CCCCC(=O)NCc1cccc(-c2cccc([C@@H]3O[C@H](CSc4ncccc4C(=O)O)C[C@H](c4ccc(CO)cc4)O3)c2)c1)NO. The number of nitrogens with one attached hydrogen (secondary N) is 2. The molecule has 11 nitrogen and oxygen atoms in total. The van der Waals surface area contributed by atoms with E-state index in [0.717, 1.165) is 33.4 Å². The summed E-state index contributed by atoms with van der Waals surface area (Å²) in [5.41, 5.74) is 7.14. The number of hydroxylamine groups is 1. The summed E-state index contributed by atoms with van der Waals surface area (Å²) in [6, 6.07) is 26.6. The summed E-state index contributed by atoms with van der Waals surface area (Å²) >= 11 is 1.34. The Morgan fingerprint density at radius 2 is 1.57 bits per heavy atom. The van der Waals surface area contributed by atoms with Crippen molar-refractivity contribution in [3.05, 3.63) is 119 Å². The lowest BCUT2D eigenvalue weighted by atomic mass is 9.99. The molecule has 0 spiro atoms. The highest BCUT2D eigenvalue weighted by Gasteiger charge is 2.33. The minimum absolute atomic E-state index is 0.0550. The number of nitrogens with zero attached hydrogens (tertiary/aromatic N) is 1. The molecule has 4 aromatic rings. The molecule has 2 heterocycles. The van der Waals surface area contributed by atoms with Crippen molar-refractivity contribution < 1.29 is 39.3 Å². The minimum Gasteiger partial charge on any atom is -0.478 e. The molecule has 0 saturated carbocycles. The van der Waals surface area contributed by atoms with E-state index >= 15 is 0 Å². The lowest BCUT2D eigenvalue weighted by Crippen LogP contribution is -2.31. The molecule has 2 amide bonds. The average molecular weight is 686 g/mol. The molecule has 0 bridgehead atoms. The minimum atomic E-state index is -1.03. The Balaban J connectivity index is 1.29. The van der Waals surface area contributed by atoms with Gasteiger partial charge in [-0.1, -0.05) is 60.7 Å². The van der Waals surface area contributed by atoms with E-state index in [9.17, 15) is 24.6 Å². The van der Waals surface area contributed by atoms with Crippen LogP contribution in [0.15, 0.2) is 96.2 Å². The van der Waals surface area contributed by atoms with Crippen LogP contribution in [0.3, 0.4) is 0 Å². The average Bonchev–Trinajstić information content (AvgIpc) is 3.15. The number of unbranched alkanes of at least 4 members (excludes halogenated alkanes) is 1. The normalized spacial score (nSPS) is 17.3. The number of aromatic nitrogens is 1. The number of hydrogen-bond acceptors (Lipinski definition) is 9. The summed E-state index contributed by atoms with van der Waals surface area (Å²) in [6.07, 6.45) is 2.34. The molecular formula is C37H39N3O8S. The van der Waals surface area contributed by atoms with Gasteiger partial charge in [-0.25, -0.2) is 15.3 Å². The summed E-state index contributed by atoms with van der Waals surface area (Å²) in [6.45, 7) is 0.300. The molecule has 5 N–H and O–H groups in total. The Hall–Kier alpha value is -4.59. The van der Waals surface area contributed by atoms with Crippen LogP contribution in [-0.4, -0.2) is 50.0 Å². The van der Waals surface area contributed by atoms with Crippen LogP contribution >= 0.6 is 11.8 Å². The molecule has 256 valence electrons. The van der Waals surface area contributed by atoms with Gasteiger partial charge in [0.25, 0.3) is 0 Å². The molecule has 1 aromatic heterocycles. The second-order valence-electron chi connectivity index (χ2n) is 11.7. The Labute approximate surface area is 288 Å². The van der Waals surface area contributed by atoms with E-state index in [1.807, 2.05) is 72.8 Å². The van der Waals surface area contributed by atoms with Gasteiger partial charge in [-0.15, -0.1) is 11.8 Å². The molecule has 5 rings (SSSR count). The van der Waals surface area contributed by atoms with Crippen molar-refractivity contribution in [2.75, 3.05) is 5.75 Å². The summed E-state index contributed by atoms with van der Waals surface area (Å²) in [5.74, 6) is -1.15. The van der Waals surface area contributed by atoms with Crippen LogP contribution in [0, 0.1) is 0 Å². The summed E-state index contributed by atoms with van der Waals surface area (Å²) in [7, 11) is 0. The maximum atomic E-state index is 12.3. The third-order valence-corrected chi connectivity index (χ3v) is 9.25. The van der Waals surface area contributed by atoms with E-state index in [2.05, 4.69) is 10.3 Å². The second kappa shape index (κ2) is 17.7. The summed E-state index contributed by atoms with van der Waals surface area (Å²) in [4.78, 5) is 39.5. The van der Waals surface area contributed by atoms with Crippen molar-refractivity contribution in [3.63, 3.8) is 0 Å². The zero-order chi connectivity index (χ0) is 34.6. The number of ether oxygens (including phenoxy) is 2. The van der Waals surface area contributed by atoms with Crippen LogP contribution in [0.25, 0.3) is 11.1 Å². The lowest BCUT2D eigenvalue weighted by molar-refractivity contribution is -0.245. The summed E-state index contributed by atoms with van der Waals surface area (Å²) < 4.78 is 13.0. The molecule has 49 heavy (non-hydrogen) atoms. The Bertz CT molecular complexity index is 1740. The Kier molecular flexibility index (Phi) is 12.9. The number of pyridine rings is 1. The number of hydrogen-bond donors (Lipinski definition) is 5. The number of carbonyl (C=O) groups is 3. The number of carbonyl (C=O) groups excluding carboxylic acids is 2. The van der Waals surface area contributed by atoms with Crippen molar-refractivity contribution in [3.8, 4) is 11.1 Å². The van der Waals surface area contributed by atoms with Crippen LogP contribution in [0.4, 0.5) is 0 Å². The van der Waals surface area contributed by atoms with Gasteiger partial charge in [0.1, 0.15) is 5.03 Å². The predicted molar refractivity (Wildman–Crippen MR) is 182 cm³/mol. The first kappa shape index (κ1) is 35.7. The van der Waals surface area contributed by atoms with Gasteiger partial charge < -0.3 is 25.0 Å². The van der Waals surface area contributed by atoms with E-state index in [4.69, 9.17) is 14.7 Å². The van der Waals surface area contributed by atoms with Crippen molar-refractivity contribution in [2.24, 2.45) is 0 Å². The molecule has 0 radical (unpaired) electrons. The maximum Gasteiger partial charge on any atom is 0.338 e. The van der Waals surface area contributed by atoms with Gasteiger partial charge in [0, 0.05) is 43.3 Å². The first-order chi connectivity index (χ1) is 23.8. The first-order valence-corrected chi connectivity index (χ1v) is 17.0. The smallest absolute Gasteiger partial charge is 0.338 e. The fourth-order valence-corrected chi connectivity index (χ4v) is 6.51. The monoisotopic (exact) mass is 685 g/mol. The predicted octanol–water partition coefficient (Wildman–Crippen LogP) is 5.96. The molecule has 3 aromatic carbocycles. The van der Waals surface area contributed by atoms with Crippen LogP contribution in [0.2, 0.25) is 0 Å². The van der Waals surface area contributed by atoms with Crippen molar-refractivity contribution in [2.45, 2.75) is 68.8 Å². The van der Waals surface area contributed by atoms with E-state index in [0.29, 0.717) is 36.6 Å². The fourth-order valence-electron chi connectivity index (χ4n) is 5.50. The van der Waals surface area contributed by atoms with Gasteiger partial charge >= 0.3 is 5.97 Å². The molecule has 1 aliphatic rings. The van der Waals surface area contributed by atoms with Gasteiger partial charge in [0.15, 0.2) is 6.29 Å². The first-order valence-electron chi connectivity index (χ1n) is 16.0. The highest BCUT2D eigenvalue weighted by Crippen LogP contribution is 2.40. The zero-order valence-electron chi connectivity index (χ0n) is 26.8. The summed E-state index contributed by atoms with van der Waals surface area (Å²) in [5, 5.41) is 31.1. The van der Waals surface area contributed by atoms with Gasteiger partial charge in [-0.3, -0.25) is 14.8 Å². The molecule has 1 aliphatic heterocycles. The van der Waals surface area contributed by atoms with Crippen molar-refractivity contribution in [1.82, 2.24) is 15.8 Å². The number of thioether (sulfide) groups is 1. The molecule has 0 aliphatic carbocycles. The van der Waals surface area contributed by atoms with E-state index in [-0.39, 0.29) is 43.1 Å². The number of aliphatic hydroxyl groups excluding tert-OH is 1. The standard InChI is InChI=1S/C37H39N3O8S/c41-22-24-13-15-26(16-14-24)32-20-30(23-49-35-31(36(44)45)10-5-17-38-35)47-37(48-32)29-9-4-8-28(19-29)27-7-3-6-25(18-27)21-39-33(42)11-1-2-12-34(43)40-46/h3-10,13-19,30,32,37,41,46H,1-2,11-12,20-23H2,(H,39,42)(H,40,43)(H,44,45)/t30-,32+,37+/m0/s1. The van der Waals surface area contributed by atoms with Crippen LogP contribution < -0.4 is 10.8 Å². The van der Waals surface area contributed by atoms with Crippen LogP contribution in [0.1, 0.15) is 77.1 Å². The largest absolute Gasteiger partial charge is 0.478 e. The zero-order valence-corrected chi connectivity index (χ0v) is 27.6. The van der Waals surface area contributed by atoms with Gasteiger partial charge in [0.05, 0.1) is 24.4 Å². The molecule has 3 atom stereocenters. The number of rotatable bonds is 15. The maximum absolute atomic E-state index is 12.3. The van der Waals surface area contributed by atoms with E-state index in [1.54, 1.807) is 17.7 Å². The molecule has 12 heteroatoms. The highest BCUT2D eigenvalue weighted by molar-refractivity contribution is 7.99. The van der Waals surface area contributed by atoms with Crippen molar-refractivity contribution >= 4 is 29.5 Å². The van der Waals surface area contributed by atoms with Gasteiger partial charge in [-0.05, 0) is 64.9 Å². The van der Waals surface area contributed by atoms with Gasteiger partial charge in [-0.2, -0.15) is 0 Å². The number of carboxylic acid groups (broad SMARTS) is 1. The number of aliphatic hydroxyl groups is 1. The number of carboxylic acids is 1. The van der Waals surface area contributed by atoms with E-state index < -0.39 is 18.2 Å². The fraction of sp³-hybridized carbons (Fsp3) is 0.297. The van der Waals surface area contributed by atoms with E-state index in [1.165, 1.54) is 17.8 Å². The number of benzene rings is 3. The molecule has 1 saturated heterocycles. The van der Waals surface area contributed by atoms with Crippen LogP contribution in [-0.2, 0) is 32.2 Å².